The minimum atomic E-state index is -0.259. The molecule has 0 bridgehead atoms. The normalized spacial score (nSPS) is 10.1. The SMILES string of the molecule is CSc1c(F)cc(NCC=C(Cl)Cl)cc1Br. The summed E-state index contributed by atoms with van der Waals surface area (Å²) in [6.45, 7) is 0.451. The zero-order chi connectivity index (χ0) is 12.1. The number of hydrogen-bond acceptors (Lipinski definition) is 2. The Bertz CT molecular complexity index is 385. The lowest BCUT2D eigenvalue weighted by Crippen LogP contribution is -1.99. The van der Waals surface area contributed by atoms with E-state index in [4.69, 9.17) is 23.2 Å². The van der Waals surface area contributed by atoms with Crippen LogP contribution in [0.2, 0.25) is 0 Å². The molecule has 0 unspecified atom stereocenters. The molecule has 0 saturated heterocycles. The summed E-state index contributed by atoms with van der Waals surface area (Å²) >= 11 is 15.6. The van der Waals surface area contributed by atoms with Crippen LogP contribution in [0.1, 0.15) is 0 Å². The first-order valence-corrected chi connectivity index (χ1v) is 7.10. The van der Waals surface area contributed by atoms with Crippen molar-refractivity contribution in [2.24, 2.45) is 0 Å². The summed E-state index contributed by atoms with van der Waals surface area (Å²) in [6, 6.07) is 3.25. The van der Waals surface area contributed by atoms with Gasteiger partial charge in [0.2, 0.25) is 0 Å². The molecule has 1 rings (SSSR count). The average molecular weight is 345 g/mol. The molecule has 16 heavy (non-hydrogen) atoms. The van der Waals surface area contributed by atoms with Crippen LogP contribution in [0.4, 0.5) is 10.1 Å². The van der Waals surface area contributed by atoms with E-state index in [2.05, 4.69) is 21.2 Å². The standard InChI is InChI=1S/C10H9BrCl2FNS/c1-16-10-7(11)4-6(5-8(10)14)15-3-2-9(12)13/h2,4-5,15H,3H2,1H3. The molecular formula is C10H9BrCl2FNS. The van der Waals surface area contributed by atoms with Crippen LogP contribution in [0.15, 0.2) is 32.1 Å². The molecule has 88 valence electrons. The summed E-state index contributed by atoms with van der Waals surface area (Å²) in [4.78, 5) is 0.594. The second kappa shape index (κ2) is 6.74. The van der Waals surface area contributed by atoms with E-state index in [9.17, 15) is 4.39 Å². The van der Waals surface area contributed by atoms with E-state index in [1.807, 2.05) is 12.3 Å². The molecular weight excluding hydrogens is 336 g/mol. The maximum atomic E-state index is 13.5. The summed E-state index contributed by atoms with van der Waals surface area (Å²) in [5.41, 5.74) is 0.674. The number of anilines is 1. The monoisotopic (exact) mass is 343 g/mol. The van der Waals surface area contributed by atoms with Gasteiger partial charge in [-0.05, 0) is 40.4 Å². The maximum Gasteiger partial charge on any atom is 0.139 e. The number of benzene rings is 1. The maximum absolute atomic E-state index is 13.5. The van der Waals surface area contributed by atoms with Crippen LogP contribution in [0.5, 0.6) is 0 Å². The van der Waals surface area contributed by atoms with Crippen molar-refractivity contribution in [1.82, 2.24) is 0 Å². The molecule has 1 nitrogen and oxygen atoms in total. The second-order valence-corrected chi connectivity index (χ2v) is 5.53. The molecule has 0 spiro atoms. The highest BCUT2D eigenvalue weighted by molar-refractivity contribution is 9.10. The van der Waals surface area contributed by atoms with Crippen LogP contribution in [0.3, 0.4) is 0 Å². The Balaban J connectivity index is 2.80. The Morgan fingerprint density at radius 1 is 1.56 bits per heavy atom. The van der Waals surface area contributed by atoms with Gasteiger partial charge in [-0.15, -0.1) is 11.8 Å². The number of thioether (sulfide) groups is 1. The fraction of sp³-hybridized carbons (Fsp3) is 0.200. The Labute approximate surface area is 117 Å². The van der Waals surface area contributed by atoms with Gasteiger partial charge in [-0.1, -0.05) is 23.2 Å². The van der Waals surface area contributed by atoms with Gasteiger partial charge in [0.05, 0.1) is 4.90 Å². The molecule has 0 aliphatic heterocycles. The first-order valence-electron chi connectivity index (χ1n) is 4.32. The van der Waals surface area contributed by atoms with E-state index in [1.54, 1.807) is 6.08 Å². The summed E-state index contributed by atoms with van der Waals surface area (Å²) in [5, 5.41) is 2.98. The summed E-state index contributed by atoms with van der Waals surface area (Å²) in [7, 11) is 0. The van der Waals surface area contributed by atoms with Gasteiger partial charge in [-0.3, -0.25) is 0 Å². The Hall–Kier alpha value is 0.1000. The molecule has 0 amide bonds. The van der Waals surface area contributed by atoms with Crippen LogP contribution in [-0.4, -0.2) is 12.8 Å². The highest BCUT2D eigenvalue weighted by Gasteiger charge is 2.07. The number of nitrogens with one attached hydrogen (secondary N) is 1. The van der Waals surface area contributed by atoms with Crippen LogP contribution in [0, 0.1) is 5.82 Å². The van der Waals surface area contributed by atoms with Gasteiger partial charge in [0, 0.05) is 16.7 Å². The van der Waals surface area contributed by atoms with Gasteiger partial charge < -0.3 is 5.32 Å². The fourth-order valence-corrected chi connectivity index (χ4v) is 2.69. The van der Waals surface area contributed by atoms with Crippen molar-refractivity contribution in [3.63, 3.8) is 0 Å². The van der Waals surface area contributed by atoms with Crippen LogP contribution >= 0.6 is 50.9 Å². The summed E-state index contributed by atoms with van der Waals surface area (Å²) in [6.07, 6.45) is 3.42. The molecule has 0 aliphatic rings. The number of halogens is 4. The van der Waals surface area contributed by atoms with Crippen molar-refractivity contribution >= 4 is 56.6 Å². The van der Waals surface area contributed by atoms with E-state index in [0.717, 1.165) is 4.47 Å². The van der Waals surface area contributed by atoms with Crippen LogP contribution < -0.4 is 5.32 Å². The van der Waals surface area contributed by atoms with E-state index < -0.39 is 0 Å². The van der Waals surface area contributed by atoms with E-state index in [-0.39, 0.29) is 10.3 Å². The third kappa shape index (κ3) is 4.17. The topological polar surface area (TPSA) is 12.0 Å². The summed E-state index contributed by atoms with van der Waals surface area (Å²) < 4.78 is 14.5. The predicted molar refractivity (Wildman–Crippen MR) is 74.2 cm³/mol. The second-order valence-electron chi connectivity index (χ2n) is 2.85. The first kappa shape index (κ1) is 14.2. The third-order valence-corrected chi connectivity index (χ3v) is 3.78. The molecule has 0 radical (unpaired) electrons. The lowest BCUT2D eigenvalue weighted by molar-refractivity contribution is 0.601. The van der Waals surface area contributed by atoms with Gasteiger partial charge in [0.25, 0.3) is 0 Å². The van der Waals surface area contributed by atoms with Crippen molar-refractivity contribution in [3.05, 3.63) is 33.0 Å². The zero-order valence-electron chi connectivity index (χ0n) is 8.36. The van der Waals surface area contributed by atoms with Gasteiger partial charge >= 0.3 is 0 Å². The quantitative estimate of drug-likeness (QED) is 0.768. The smallest absolute Gasteiger partial charge is 0.139 e. The molecule has 0 heterocycles. The lowest BCUT2D eigenvalue weighted by Gasteiger charge is -2.08. The Morgan fingerprint density at radius 2 is 2.25 bits per heavy atom. The molecule has 1 N–H and O–H groups in total. The zero-order valence-corrected chi connectivity index (χ0v) is 12.3. The third-order valence-electron chi connectivity index (χ3n) is 1.76. The largest absolute Gasteiger partial charge is 0.381 e. The van der Waals surface area contributed by atoms with Crippen LogP contribution in [-0.2, 0) is 0 Å². The minimum Gasteiger partial charge on any atom is -0.381 e. The average Bonchev–Trinajstić information content (AvgIpc) is 2.16. The van der Waals surface area contributed by atoms with Gasteiger partial charge in [0.1, 0.15) is 10.3 Å². The molecule has 0 saturated carbocycles. The van der Waals surface area contributed by atoms with Crippen molar-refractivity contribution in [3.8, 4) is 0 Å². The fourth-order valence-electron chi connectivity index (χ4n) is 1.10. The minimum absolute atomic E-state index is 0.188. The molecule has 1 aromatic rings. The van der Waals surface area contributed by atoms with Crippen LogP contribution in [0.25, 0.3) is 0 Å². The van der Waals surface area contributed by atoms with E-state index in [0.29, 0.717) is 17.1 Å². The summed E-state index contributed by atoms with van der Waals surface area (Å²) in [5.74, 6) is -0.259. The van der Waals surface area contributed by atoms with E-state index >= 15 is 0 Å². The number of rotatable bonds is 4. The molecule has 1 aromatic carbocycles. The van der Waals surface area contributed by atoms with E-state index in [1.165, 1.54) is 17.8 Å². The van der Waals surface area contributed by atoms with Crippen molar-refractivity contribution < 1.29 is 4.39 Å². The van der Waals surface area contributed by atoms with Crippen molar-refractivity contribution in [1.29, 1.82) is 0 Å². The Morgan fingerprint density at radius 3 is 2.75 bits per heavy atom. The first-order chi connectivity index (χ1) is 7.54. The predicted octanol–water partition coefficient (Wildman–Crippen LogP) is 5.04. The highest BCUT2D eigenvalue weighted by Crippen LogP contribution is 2.31. The lowest BCUT2D eigenvalue weighted by atomic mass is 10.3. The molecule has 0 atom stereocenters. The number of hydrogen-bond donors (Lipinski definition) is 1. The molecule has 0 fully saturated rings. The van der Waals surface area contributed by atoms with Gasteiger partial charge in [0.15, 0.2) is 0 Å². The molecule has 0 aromatic heterocycles. The molecule has 0 aliphatic carbocycles. The van der Waals surface area contributed by atoms with Gasteiger partial charge in [-0.25, -0.2) is 4.39 Å². The van der Waals surface area contributed by atoms with Crippen molar-refractivity contribution in [2.45, 2.75) is 4.90 Å². The highest BCUT2D eigenvalue weighted by atomic mass is 79.9. The Kier molecular flexibility index (Phi) is 5.97. The van der Waals surface area contributed by atoms with Crippen molar-refractivity contribution in [2.75, 3.05) is 18.1 Å². The molecule has 6 heteroatoms. The van der Waals surface area contributed by atoms with Gasteiger partial charge in [-0.2, -0.15) is 0 Å².